The van der Waals surface area contributed by atoms with Crippen molar-refractivity contribution in [3.63, 3.8) is 0 Å². The van der Waals surface area contributed by atoms with Crippen LogP contribution in [0.3, 0.4) is 0 Å². The second kappa shape index (κ2) is 16.2. The molecule has 0 radical (unpaired) electrons. The number of nitrogens with zero attached hydrogens (tertiary/aromatic N) is 3. The lowest BCUT2D eigenvalue weighted by atomic mass is 9.28. The highest BCUT2D eigenvalue weighted by molar-refractivity contribution is 7.01. The van der Waals surface area contributed by atoms with E-state index in [1.54, 1.807) is 0 Å². The van der Waals surface area contributed by atoms with E-state index in [2.05, 4.69) is 276 Å². The number of fused-ring (bicyclic) bond motifs is 3. The monoisotopic (exact) mass is 972 g/mol. The molecule has 9 aromatic carbocycles. The summed E-state index contributed by atoms with van der Waals surface area (Å²) < 4.78 is 0. The smallest absolute Gasteiger partial charge is 0.253 e. The van der Waals surface area contributed by atoms with E-state index in [1.165, 1.54) is 126 Å². The Morgan fingerprint density at radius 1 is 0.387 bits per heavy atom. The topological polar surface area (TPSA) is 9.72 Å². The predicted octanol–water partition coefficient (Wildman–Crippen LogP) is 16.5. The maximum absolute atomic E-state index is 2.79. The first-order chi connectivity index (χ1) is 36.2. The Hall–Kier alpha value is -7.56. The lowest BCUT2D eigenvalue weighted by Gasteiger charge is -2.53. The Labute approximate surface area is 445 Å². The summed E-state index contributed by atoms with van der Waals surface area (Å²) in [6, 6.07) is 79.9. The molecule has 0 aromatic heterocycles. The van der Waals surface area contributed by atoms with Crippen LogP contribution in [0.1, 0.15) is 120 Å². The SMILES string of the molecule is CC(C)(C)c1ccc(-c2ccc(N3c4cc(N5c6ccccc6C6(C)CCCCC56C)cc5c4B4c6c3cccc6C(c3ccccc3)(c3ccccc3)c3cccc(c34)N5c3ccc(C(C)(C)C)cc3)cc2)cc1. The van der Waals surface area contributed by atoms with E-state index < -0.39 is 5.41 Å². The highest BCUT2D eigenvalue weighted by Crippen LogP contribution is 2.62. The summed E-state index contributed by atoms with van der Waals surface area (Å²) in [5.74, 6) is 0. The zero-order chi connectivity index (χ0) is 51.2. The van der Waals surface area contributed by atoms with Gasteiger partial charge in [0.1, 0.15) is 0 Å². The molecule has 0 saturated heterocycles. The quantitative estimate of drug-likeness (QED) is 0.154. The van der Waals surface area contributed by atoms with Crippen molar-refractivity contribution in [3.05, 3.63) is 245 Å². The van der Waals surface area contributed by atoms with Crippen LogP contribution in [0.15, 0.2) is 206 Å². The second-order valence-corrected chi connectivity index (χ2v) is 24.8. The first-order valence-electron chi connectivity index (χ1n) is 27.6. The van der Waals surface area contributed by atoms with Crippen LogP contribution < -0.4 is 31.1 Å². The molecule has 14 rings (SSSR count). The van der Waals surface area contributed by atoms with Gasteiger partial charge in [0, 0.05) is 50.9 Å². The van der Waals surface area contributed by atoms with Crippen LogP contribution in [0.5, 0.6) is 0 Å². The largest absolute Gasteiger partial charge is 0.334 e. The van der Waals surface area contributed by atoms with Gasteiger partial charge in [-0.3, -0.25) is 0 Å². The molecule has 0 amide bonds. The Morgan fingerprint density at radius 2 is 0.813 bits per heavy atom. The summed E-state index contributed by atoms with van der Waals surface area (Å²) in [5.41, 5.74) is 25.2. The van der Waals surface area contributed by atoms with E-state index in [-0.39, 0.29) is 28.5 Å². The number of rotatable bonds is 6. The summed E-state index contributed by atoms with van der Waals surface area (Å²) >= 11 is 0. The minimum atomic E-state index is -0.611. The number of hydrogen-bond acceptors (Lipinski definition) is 3. The Balaban J connectivity index is 1.10. The van der Waals surface area contributed by atoms with Gasteiger partial charge in [0.25, 0.3) is 6.71 Å². The van der Waals surface area contributed by atoms with Gasteiger partial charge in [0.15, 0.2) is 0 Å². The van der Waals surface area contributed by atoms with Crippen molar-refractivity contribution in [3.8, 4) is 11.1 Å². The van der Waals surface area contributed by atoms with Gasteiger partial charge in [-0.1, -0.05) is 213 Å². The average molecular weight is 972 g/mol. The lowest BCUT2D eigenvalue weighted by Crippen LogP contribution is -2.68. The van der Waals surface area contributed by atoms with E-state index in [1.807, 2.05) is 0 Å². The number of hydrogen-bond donors (Lipinski definition) is 0. The third-order valence-electron chi connectivity index (χ3n) is 18.8. The summed E-state index contributed by atoms with van der Waals surface area (Å²) in [6.07, 6.45) is 4.78. The highest BCUT2D eigenvalue weighted by Gasteiger charge is 2.59. The van der Waals surface area contributed by atoms with Crippen molar-refractivity contribution in [1.82, 2.24) is 0 Å². The van der Waals surface area contributed by atoms with E-state index in [0.29, 0.717) is 0 Å². The molecule has 2 atom stereocenters. The fourth-order valence-corrected chi connectivity index (χ4v) is 14.9. The Bertz CT molecular complexity index is 3680. The normalized spacial score (nSPS) is 19.6. The summed E-state index contributed by atoms with van der Waals surface area (Å²) in [5, 5.41) is 0. The molecule has 0 bridgehead atoms. The van der Waals surface area contributed by atoms with Gasteiger partial charge in [0.05, 0.1) is 11.0 Å². The van der Waals surface area contributed by atoms with Crippen molar-refractivity contribution in [1.29, 1.82) is 0 Å². The van der Waals surface area contributed by atoms with Gasteiger partial charge >= 0.3 is 0 Å². The lowest BCUT2D eigenvalue weighted by molar-refractivity contribution is 0.195. The van der Waals surface area contributed by atoms with Gasteiger partial charge < -0.3 is 14.7 Å². The van der Waals surface area contributed by atoms with Crippen LogP contribution in [-0.4, -0.2) is 12.3 Å². The van der Waals surface area contributed by atoms with Gasteiger partial charge in [0.2, 0.25) is 0 Å². The number of para-hydroxylation sites is 1. The summed E-state index contributed by atoms with van der Waals surface area (Å²) in [4.78, 5) is 8.09. The molecule has 368 valence electrons. The highest BCUT2D eigenvalue weighted by atomic mass is 15.3. The van der Waals surface area contributed by atoms with Crippen molar-refractivity contribution in [2.45, 2.75) is 108 Å². The molecule has 3 nitrogen and oxygen atoms in total. The number of anilines is 8. The van der Waals surface area contributed by atoms with Crippen molar-refractivity contribution >= 4 is 68.6 Å². The summed E-state index contributed by atoms with van der Waals surface area (Å²) in [7, 11) is 0. The minimum absolute atomic E-state index is 0.00261. The molecule has 1 fully saturated rings. The molecule has 5 aliphatic rings. The molecule has 4 heterocycles. The van der Waals surface area contributed by atoms with Gasteiger partial charge in [-0.25, -0.2) is 0 Å². The van der Waals surface area contributed by atoms with Crippen molar-refractivity contribution in [2.24, 2.45) is 0 Å². The van der Waals surface area contributed by atoms with E-state index in [0.717, 1.165) is 12.1 Å². The Morgan fingerprint density at radius 3 is 1.33 bits per heavy atom. The molecule has 9 aromatic rings. The van der Waals surface area contributed by atoms with Gasteiger partial charge in [-0.2, -0.15) is 0 Å². The summed E-state index contributed by atoms with van der Waals surface area (Å²) in [6.45, 7) is 18.9. The van der Waals surface area contributed by atoms with Gasteiger partial charge in [-0.05, 0) is 152 Å². The van der Waals surface area contributed by atoms with Crippen LogP contribution in [0, 0.1) is 0 Å². The average Bonchev–Trinajstić information content (AvgIpc) is 3.84. The van der Waals surface area contributed by atoms with E-state index >= 15 is 0 Å². The molecule has 1 aliphatic carbocycles. The van der Waals surface area contributed by atoms with Gasteiger partial charge in [-0.15, -0.1) is 0 Å². The fraction of sp³-hybridized carbons (Fsp3) is 0.239. The fourth-order valence-electron chi connectivity index (χ4n) is 14.9. The van der Waals surface area contributed by atoms with Crippen molar-refractivity contribution in [2.75, 3.05) is 14.7 Å². The first kappa shape index (κ1) is 46.0. The molecule has 0 N–H and O–H groups in total. The van der Waals surface area contributed by atoms with E-state index in [9.17, 15) is 0 Å². The number of benzene rings is 9. The van der Waals surface area contributed by atoms with Crippen LogP contribution >= 0.6 is 0 Å². The molecule has 0 spiro atoms. The zero-order valence-electron chi connectivity index (χ0n) is 44.9. The Kier molecular flexibility index (Phi) is 9.95. The maximum Gasteiger partial charge on any atom is 0.253 e. The van der Waals surface area contributed by atoms with Crippen molar-refractivity contribution < 1.29 is 0 Å². The van der Waals surface area contributed by atoms with Crippen LogP contribution in [0.2, 0.25) is 0 Å². The van der Waals surface area contributed by atoms with Crippen LogP contribution in [0.4, 0.5) is 45.5 Å². The molecular formula is C71H66BN3. The standard InChI is InChI=1S/C71H66BN3/c1-67(2,3)49-35-31-47(32-36-49)48-33-39-53(40-34-48)73-60-29-19-26-57-64(60)72-65-58(71(57,51-21-11-9-12-22-51)52-23-13-10-14-24-52)27-20-30-61(65)74(54-41-37-50(38-42-54)68(4,5)6)63-46-55(45-62(73)66(63)72)75-59-28-16-15-25-56(59)69(7)43-17-18-44-70(69,75)8/h9-16,19-42,45-46H,17-18,43-44H2,1-8H3. The second-order valence-electron chi connectivity index (χ2n) is 24.8. The molecule has 4 heteroatoms. The molecule has 4 aliphatic heterocycles. The van der Waals surface area contributed by atoms with Crippen LogP contribution in [0.25, 0.3) is 11.1 Å². The molecule has 75 heavy (non-hydrogen) atoms. The minimum Gasteiger partial charge on any atom is -0.334 e. The molecule has 1 saturated carbocycles. The third-order valence-corrected chi connectivity index (χ3v) is 18.8. The van der Waals surface area contributed by atoms with E-state index in [4.69, 9.17) is 0 Å². The van der Waals surface area contributed by atoms with Crippen LogP contribution in [-0.2, 0) is 21.7 Å². The predicted molar refractivity (Wildman–Crippen MR) is 318 cm³/mol. The molecular weight excluding hydrogens is 906 g/mol. The third kappa shape index (κ3) is 6.41. The maximum atomic E-state index is 2.79. The molecule has 2 unspecified atom stereocenters. The zero-order valence-corrected chi connectivity index (χ0v) is 44.9. The first-order valence-corrected chi connectivity index (χ1v) is 27.6.